The molecule has 0 aromatic heterocycles. The smallest absolute Gasteiger partial charge is 0.306 e. The highest BCUT2D eigenvalue weighted by atomic mass is 16.7. The number of aliphatic hydroxyl groups is 4. The topological polar surface area (TPSA) is 152 Å². The number of aliphatic hydroxyl groups excluding tert-OH is 4. The van der Waals surface area contributed by atoms with E-state index in [9.17, 15) is 30.0 Å². The molecule has 65 heavy (non-hydrogen) atoms. The minimum Gasteiger partial charge on any atom is -0.462 e. The number of hydrogen-bond acceptors (Lipinski definition) is 10. The first-order valence-corrected chi connectivity index (χ1v) is 24.6. The van der Waals surface area contributed by atoms with E-state index in [4.69, 9.17) is 18.9 Å². The van der Waals surface area contributed by atoms with Crippen LogP contribution in [0.4, 0.5) is 0 Å². The first-order valence-electron chi connectivity index (χ1n) is 24.6. The molecular formula is C55H86O10. The Bertz CT molecular complexity index is 1470. The molecule has 1 saturated heterocycles. The molecule has 1 aliphatic heterocycles. The van der Waals surface area contributed by atoms with Gasteiger partial charge in [0.15, 0.2) is 12.4 Å². The number of hydrogen-bond donors (Lipinski definition) is 4. The van der Waals surface area contributed by atoms with E-state index >= 15 is 0 Å². The molecule has 6 unspecified atom stereocenters. The van der Waals surface area contributed by atoms with Gasteiger partial charge in [-0.15, -0.1) is 0 Å². The van der Waals surface area contributed by atoms with Crippen molar-refractivity contribution in [1.29, 1.82) is 0 Å². The second kappa shape index (κ2) is 44.0. The number of carbonyl (C=O) groups is 2. The molecule has 4 N–H and O–H groups in total. The molecule has 1 rings (SSSR count). The Hall–Kier alpha value is -3.90. The number of carbonyl (C=O) groups excluding carboxylic acids is 2. The van der Waals surface area contributed by atoms with Crippen LogP contribution in [0.15, 0.2) is 122 Å². The second-order valence-electron chi connectivity index (χ2n) is 16.1. The average molecular weight is 907 g/mol. The number of unbranched alkanes of at least 4 members (excludes halogenated alkanes) is 8. The Morgan fingerprint density at radius 1 is 0.477 bits per heavy atom. The predicted octanol–water partition coefficient (Wildman–Crippen LogP) is 11.4. The quantitative estimate of drug-likeness (QED) is 0.0266. The Morgan fingerprint density at radius 3 is 1.35 bits per heavy atom. The maximum Gasteiger partial charge on any atom is 0.306 e. The van der Waals surface area contributed by atoms with Crippen LogP contribution in [0.5, 0.6) is 0 Å². The van der Waals surface area contributed by atoms with Crippen molar-refractivity contribution in [2.45, 2.75) is 192 Å². The molecule has 0 aromatic carbocycles. The van der Waals surface area contributed by atoms with Crippen LogP contribution < -0.4 is 0 Å². The van der Waals surface area contributed by atoms with Crippen LogP contribution in [-0.2, 0) is 28.5 Å². The molecule has 0 aliphatic carbocycles. The summed E-state index contributed by atoms with van der Waals surface area (Å²) in [5, 5.41) is 40.2. The lowest BCUT2D eigenvalue weighted by Crippen LogP contribution is -2.59. The van der Waals surface area contributed by atoms with Crippen molar-refractivity contribution in [1.82, 2.24) is 0 Å². The molecule has 6 atom stereocenters. The van der Waals surface area contributed by atoms with Gasteiger partial charge in [-0.1, -0.05) is 174 Å². The number of esters is 2. The van der Waals surface area contributed by atoms with Crippen LogP contribution in [0, 0.1) is 0 Å². The minimum absolute atomic E-state index is 0.0952. The third-order valence-corrected chi connectivity index (χ3v) is 10.4. The predicted molar refractivity (Wildman–Crippen MR) is 265 cm³/mol. The van der Waals surface area contributed by atoms with Gasteiger partial charge in [-0.25, -0.2) is 0 Å². The van der Waals surface area contributed by atoms with Crippen molar-refractivity contribution < 1.29 is 49.0 Å². The standard InChI is InChI=1S/C55H86O10/c1-3-5-7-9-11-13-15-17-19-21-23-24-26-27-29-31-33-35-37-39-41-43-50(57)62-46-48(47-63-55-54(61)53(60)52(59)49(45-56)65-55)64-51(58)44-42-40-38-36-34-32-30-28-25-22-20-18-16-14-12-10-8-6-4-2/h5-8,11-14,17-20,23-25,28,32,34,38,40,48-49,52-56,59-61H,3-4,9-10,15-16,21-22,26-27,29-31,33,35-37,39,41-47H2,1-2H3/b7-5-,8-6-,13-11-,14-12-,19-17-,20-18-,24-23-,28-25-,34-32-,40-38-. The van der Waals surface area contributed by atoms with Crippen LogP contribution in [0.2, 0.25) is 0 Å². The summed E-state index contributed by atoms with van der Waals surface area (Å²) in [7, 11) is 0. The van der Waals surface area contributed by atoms with Crippen molar-refractivity contribution in [3.63, 3.8) is 0 Å². The van der Waals surface area contributed by atoms with Crippen LogP contribution in [-0.4, -0.2) is 89.0 Å². The van der Waals surface area contributed by atoms with E-state index in [0.717, 1.165) is 89.9 Å². The van der Waals surface area contributed by atoms with Gasteiger partial charge >= 0.3 is 11.9 Å². The Labute approximate surface area is 392 Å². The lowest BCUT2D eigenvalue weighted by molar-refractivity contribution is -0.305. The van der Waals surface area contributed by atoms with Gasteiger partial charge < -0.3 is 39.4 Å². The normalized spacial score (nSPS) is 20.4. The summed E-state index contributed by atoms with van der Waals surface area (Å²) in [6.07, 6.45) is 55.0. The first kappa shape index (κ1) is 59.1. The largest absolute Gasteiger partial charge is 0.462 e. The molecule has 0 spiro atoms. The fourth-order valence-corrected chi connectivity index (χ4v) is 6.56. The van der Waals surface area contributed by atoms with E-state index in [-0.39, 0.29) is 26.1 Å². The highest BCUT2D eigenvalue weighted by molar-refractivity contribution is 5.70. The van der Waals surface area contributed by atoms with E-state index in [0.29, 0.717) is 12.8 Å². The maximum atomic E-state index is 12.8. The van der Waals surface area contributed by atoms with E-state index in [1.54, 1.807) is 0 Å². The zero-order valence-electron chi connectivity index (χ0n) is 39.9. The highest BCUT2D eigenvalue weighted by Gasteiger charge is 2.44. The number of rotatable bonds is 39. The van der Waals surface area contributed by atoms with Crippen molar-refractivity contribution in [3.8, 4) is 0 Å². The number of ether oxygens (including phenoxy) is 4. The Morgan fingerprint density at radius 2 is 0.892 bits per heavy atom. The molecule has 0 bridgehead atoms. The molecule has 366 valence electrons. The fraction of sp³-hybridized carbons (Fsp3) is 0.600. The first-order chi connectivity index (χ1) is 31.8. The fourth-order valence-electron chi connectivity index (χ4n) is 6.56. The molecule has 10 nitrogen and oxygen atoms in total. The van der Waals surface area contributed by atoms with E-state index < -0.39 is 55.4 Å². The highest BCUT2D eigenvalue weighted by Crippen LogP contribution is 2.22. The molecule has 10 heteroatoms. The summed E-state index contributed by atoms with van der Waals surface area (Å²) in [5.41, 5.74) is 0. The van der Waals surface area contributed by atoms with Gasteiger partial charge in [-0.3, -0.25) is 9.59 Å². The molecule has 1 fully saturated rings. The lowest BCUT2D eigenvalue weighted by Gasteiger charge is -2.39. The van der Waals surface area contributed by atoms with Gasteiger partial charge in [0.1, 0.15) is 31.0 Å². The molecule has 0 aromatic rings. The average Bonchev–Trinajstić information content (AvgIpc) is 3.30. The lowest BCUT2D eigenvalue weighted by atomic mass is 9.99. The van der Waals surface area contributed by atoms with Gasteiger partial charge in [-0.2, -0.15) is 0 Å². The van der Waals surface area contributed by atoms with Crippen molar-refractivity contribution in [2.75, 3.05) is 19.8 Å². The third-order valence-electron chi connectivity index (χ3n) is 10.4. The summed E-state index contributed by atoms with van der Waals surface area (Å²) in [6.45, 7) is 3.10. The third kappa shape index (κ3) is 35.0. The molecule has 1 heterocycles. The summed E-state index contributed by atoms with van der Waals surface area (Å²) in [6, 6.07) is 0. The summed E-state index contributed by atoms with van der Waals surface area (Å²) in [4.78, 5) is 25.4. The van der Waals surface area contributed by atoms with E-state index in [2.05, 4.69) is 123 Å². The zero-order valence-corrected chi connectivity index (χ0v) is 39.9. The van der Waals surface area contributed by atoms with Crippen molar-refractivity contribution in [3.05, 3.63) is 122 Å². The van der Waals surface area contributed by atoms with Gasteiger partial charge in [0.2, 0.25) is 0 Å². The van der Waals surface area contributed by atoms with Gasteiger partial charge in [0.25, 0.3) is 0 Å². The van der Waals surface area contributed by atoms with Crippen molar-refractivity contribution >= 4 is 11.9 Å². The summed E-state index contributed by atoms with van der Waals surface area (Å²) >= 11 is 0. The molecular weight excluding hydrogens is 821 g/mol. The van der Waals surface area contributed by atoms with Gasteiger partial charge in [0.05, 0.1) is 13.2 Å². The molecule has 0 radical (unpaired) electrons. The Balaban J connectivity index is 2.35. The Kier molecular flexibility index (Phi) is 40.0. The monoisotopic (exact) mass is 907 g/mol. The molecule has 0 amide bonds. The maximum absolute atomic E-state index is 12.8. The number of allylic oxidation sites excluding steroid dienone is 20. The molecule has 1 aliphatic rings. The van der Waals surface area contributed by atoms with Gasteiger partial charge in [0, 0.05) is 12.8 Å². The summed E-state index contributed by atoms with van der Waals surface area (Å²) in [5.74, 6) is -0.926. The van der Waals surface area contributed by atoms with Crippen LogP contribution in [0.3, 0.4) is 0 Å². The minimum atomic E-state index is -1.62. The van der Waals surface area contributed by atoms with Crippen LogP contribution in [0.1, 0.15) is 155 Å². The van der Waals surface area contributed by atoms with Crippen molar-refractivity contribution in [2.24, 2.45) is 0 Å². The summed E-state index contributed by atoms with van der Waals surface area (Å²) < 4.78 is 22.1. The van der Waals surface area contributed by atoms with E-state index in [1.165, 1.54) is 25.7 Å². The molecule has 0 saturated carbocycles. The van der Waals surface area contributed by atoms with Crippen LogP contribution in [0.25, 0.3) is 0 Å². The zero-order chi connectivity index (χ0) is 47.3. The SMILES string of the molecule is CC/C=C\C/C=C\C/C=C\C/C=C\C/C=C\C/C=C\CCC(=O)OC(COC(=O)CCCCCCCCCC/C=C\C/C=C\C/C=C\C/C=C\CC)COC1OC(CO)C(O)C(O)C1O. The second-order valence-corrected chi connectivity index (χ2v) is 16.1. The van der Waals surface area contributed by atoms with Gasteiger partial charge in [-0.05, 0) is 89.9 Å². The van der Waals surface area contributed by atoms with E-state index in [1.807, 2.05) is 12.2 Å². The van der Waals surface area contributed by atoms with Crippen LogP contribution >= 0.6 is 0 Å².